The SMILES string of the molecule is COCC1=[N+](CC(O)CN2CCOCC2)C2C(=O)N(C)C(=O)N(C)C2=N1.Cl. The van der Waals surface area contributed by atoms with Crippen molar-refractivity contribution < 1.29 is 28.7 Å². The average molecular weight is 405 g/mol. The van der Waals surface area contributed by atoms with Gasteiger partial charge in [-0.25, -0.2) is 9.37 Å². The Balaban J connectivity index is 0.00000261. The van der Waals surface area contributed by atoms with E-state index in [0.29, 0.717) is 31.4 Å². The van der Waals surface area contributed by atoms with Crippen LogP contribution < -0.4 is 0 Å². The van der Waals surface area contributed by atoms with E-state index in [-0.39, 0.29) is 31.5 Å². The number of fused-ring (bicyclic) bond motifs is 1. The molecule has 0 aromatic heterocycles. The molecule has 11 heteroatoms. The molecule has 27 heavy (non-hydrogen) atoms. The lowest BCUT2D eigenvalue weighted by atomic mass is 10.1. The van der Waals surface area contributed by atoms with Crippen LogP contribution in [0.3, 0.4) is 0 Å². The van der Waals surface area contributed by atoms with Gasteiger partial charge in [0, 0.05) is 40.8 Å². The number of hydrogen-bond donors (Lipinski definition) is 1. The molecule has 0 aromatic rings. The summed E-state index contributed by atoms with van der Waals surface area (Å²) in [5.74, 6) is 0.567. The summed E-state index contributed by atoms with van der Waals surface area (Å²) in [6, 6.07) is -1.13. The first kappa shape index (κ1) is 21.7. The van der Waals surface area contributed by atoms with Gasteiger partial charge in [-0.05, 0) is 4.99 Å². The number of ether oxygens (including phenoxy) is 2. The molecule has 0 spiro atoms. The normalized spacial score (nSPS) is 24.7. The molecular formula is C16H27ClN5O5+. The minimum absolute atomic E-state index is 0. The molecule has 0 saturated carbocycles. The first-order valence-electron chi connectivity index (χ1n) is 8.67. The second-order valence-electron chi connectivity index (χ2n) is 6.68. The van der Waals surface area contributed by atoms with Crippen LogP contribution in [0.4, 0.5) is 4.79 Å². The molecule has 152 valence electrons. The van der Waals surface area contributed by atoms with E-state index < -0.39 is 18.2 Å². The number of hydrogen-bond acceptors (Lipinski definition) is 7. The fourth-order valence-corrected chi connectivity index (χ4v) is 3.47. The van der Waals surface area contributed by atoms with Gasteiger partial charge in [0.25, 0.3) is 17.8 Å². The van der Waals surface area contributed by atoms with E-state index in [4.69, 9.17) is 9.47 Å². The molecule has 2 fully saturated rings. The van der Waals surface area contributed by atoms with Crippen molar-refractivity contribution in [3.05, 3.63) is 0 Å². The van der Waals surface area contributed by atoms with Crippen LogP contribution in [0.25, 0.3) is 0 Å². The highest BCUT2D eigenvalue weighted by atomic mass is 35.5. The van der Waals surface area contributed by atoms with Crippen molar-refractivity contribution in [2.45, 2.75) is 12.1 Å². The Morgan fingerprint density at radius 1 is 1.30 bits per heavy atom. The molecule has 0 bridgehead atoms. The smallest absolute Gasteiger partial charge is 0.333 e. The van der Waals surface area contributed by atoms with Crippen molar-refractivity contribution in [1.82, 2.24) is 14.7 Å². The van der Waals surface area contributed by atoms with E-state index in [2.05, 4.69) is 9.89 Å². The number of β-amino-alcohol motifs (C(OH)–C–C–N with tert-alkyl or cyclic N) is 1. The van der Waals surface area contributed by atoms with Gasteiger partial charge in [-0.1, -0.05) is 0 Å². The van der Waals surface area contributed by atoms with Crippen molar-refractivity contribution in [1.29, 1.82) is 0 Å². The summed E-state index contributed by atoms with van der Waals surface area (Å²) in [7, 11) is 4.59. The molecule has 3 aliphatic rings. The predicted octanol–water partition coefficient (Wildman–Crippen LogP) is -1.54. The first-order valence-corrected chi connectivity index (χ1v) is 8.67. The highest BCUT2D eigenvalue weighted by Crippen LogP contribution is 2.19. The topological polar surface area (TPSA) is 97.9 Å². The van der Waals surface area contributed by atoms with Crippen molar-refractivity contribution in [2.24, 2.45) is 4.99 Å². The van der Waals surface area contributed by atoms with Gasteiger partial charge in [0.2, 0.25) is 0 Å². The minimum Gasteiger partial charge on any atom is -0.388 e. The number of carbonyl (C=O) groups excluding carboxylic acids is 2. The molecule has 2 saturated heterocycles. The number of urea groups is 1. The second kappa shape index (κ2) is 9.07. The Morgan fingerprint density at radius 3 is 2.59 bits per heavy atom. The van der Waals surface area contributed by atoms with Gasteiger partial charge in [-0.3, -0.25) is 19.5 Å². The Morgan fingerprint density at radius 2 is 1.96 bits per heavy atom. The van der Waals surface area contributed by atoms with Crippen LogP contribution in [0.5, 0.6) is 0 Å². The molecule has 0 radical (unpaired) electrons. The molecule has 3 aliphatic heterocycles. The lowest BCUT2D eigenvalue weighted by molar-refractivity contribution is -0.545. The number of aliphatic imine (C=N–C) groups is 1. The molecule has 0 aromatic carbocycles. The van der Waals surface area contributed by atoms with E-state index in [1.165, 1.54) is 11.9 Å². The third kappa shape index (κ3) is 4.30. The summed E-state index contributed by atoms with van der Waals surface area (Å²) in [6.45, 7) is 3.78. The quantitative estimate of drug-likeness (QED) is 0.539. The molecule has 2 unspecified atom stereocenters. The van der Waals surface area contributed by atoms with Crippen LogP contribution in [0.15, 0.2) is 4.99 Å². The standard InChI is InChI=1S/C16H26N5O5.ClH/c1-18-14-13(15(23)19(2)16(18)24)21(12(17-14)10-25-3)9-11(22)8-20-4-6-26-7-5-20;/h11,13,22H,4-10H2,1-3H3;1H/q+1;. The molecule has 2 atom stereocenters. The van der Waals surface area contributed by atoms with Crippen LogP contribution in [0.2, 0.25) is 0 Å². The Hall–Kier alpha value is -1.59. The summed E-state index contributed by atoms with van der Waals surface area (Å²) in [5, 5.41) is 10.6. The minimum atomic E-state index is -0.716. The lowest BCUT2D eigenvalue weighted by Crippen LogP contribution is -2.62. The van der Waals surface area contributed by atoms with Gasteiger partial charge >= 0.3 is 11.9 Å². The van der Waals surface area contributed by atoms with Crippen molar-refractivity contribution in [3.8, 4) is 0 Å². The zero-order valence-corrected chi connectivity index (χ0v) is 16.6. The van der Waals surface area contributed by atoms with Crippen LogP contribution in [0, 0.1) is 0 Å². The van der Waals surface area contributed by atoms with E-state index >= 15 is 0 Å². The summed E-state index contributed by atoms with van der Waals surface area (Å²) in [5.41, 5.74) is 0. The summed E-state index contributed by atoms with van der Waals surface area (Å²) in [6.07, 6.45) is -0.671. The molecular weight excluding hydrogens is 378 g/mol. The fraction of sp³-hybridized carbons (Fsp3) is 0.750. The number of amides is 3. The Labute approximate surface area is 164 Å². The van der Waals surface area contributed by atoms with Crippen LogP contribution in [0.1, 0.15) is 0 Å². The monoisotopic (exact) mass is 404 g/mol. The number of halogens is 1. The third-order valence-electron chi connectivity index (χ3n) is 4.87. The predicted molar refractivity (Wildman–Crippen MR) is 99.7 cm³/mol. The number of methoxy groups -OCH3 is 1. The lowest BCUT2D eigenvalue weighted by Gasteiger charge is -2.32. The molecule has 0 aliphatic carbocycles. The molecule has 3 amide bonds. The second-order valence-corrected chi connectivity index (χ2v) is 6.68. The van der Waals surface area contributed by atoms with Crippen LogP contribution in [-0.4, -0.2) is 127 Å². The Bertz CT molecular complexity index is 649. The van der Waals surface area contributed by atoms with Gasteiger partial charge in [-0.15, -0.1) is 12.4 Å². The Kier molecular flexibility index (Phi) is 7.29. The van der Waals surface area contributed by atoms with E-state index in [9.17, 15) is 14.7 Å². The zero-order valence-electron chi connectivity index (χ0n) is 15.8. The highest BCUT2D eigenvalue weighted by molar-refractivity contribution is 6.22. The molecule has 10 nitrogen and oxygen atoms in total. The summed E-state index contributed by atoms with van der Waals surface area (Å²) < 4.78 is 12.3. The molecule has 3 heterocycles. The largest absolute Gasteiger partial charge is 0.388 e. The number of imide groups is 1. The fourth-order valence-electron chi connectivity index (χ4n) is 3.47. The molecule has 1 N–H and O–H groups in total. The van der Waals surface area contributed by atoms with Gasteiger partial charge in [0.15, 0.2) is 6.61 Å². The average Bonchev–Trinajstić information content (AvgIpc) is 2.97. The number of morpholine rings is 1. The third-order valence-corrected chi connectivity index (χ3v) is 4.87. The van der Waals surface area contributed by atoms with Gasteiger partial charge in [0.1, 0.15) is 12.6 Å². The van der Waals surface area contributed by atoms with Gasteiger partial charge < -0.3 is 14.6 Å². The number of nitrogens with zero attached hydrogens (tertiary/aromatic N) is 5. The first-order chi connectivity index (χ1) is 12.4. The van der Waals surface area contributed by atoms with Crippen molar-refractivity contribution in [3.63, 3.8) is 0 Å². The number of aliphatic hydroxyl groups is 1. The highest BCUT2D eigenvalue weighted by Gasteiger charge is 2.53. The van der Waals surface area contributed by atoms with E-state index in [0.717, 1.165) is 18.0 Å². The van der Waals surface area contributed by atoms with Crippen molar-refractivity contribution in [2.75, 3.05) is 67.2 Å². The van der Waals surface area contributed by atoms with Crippen LogP contribution in [-0.2, 0) is 14.3 Å². The number of amidine groups is 2. The maximum atomic E-state index is 12.7. The number of rotatable bonds is 6. The van der Waals surface area contributed by atoms with Crippen LogP contribution >= 0.6 is 12.4 Å². The zero-order chi connectivity index (χ0) is 18.8. The maximum Gasteiger partial charge on any atom is 0.333 e. The number of carbonyl (C=O) groups is 2. The molecule has 3 rings (SSSR count). The number of aliphatic hydroxyl groups excluding tert-OH is 1. The number of likely N-dealkylation sites (N-methyl/N-ethyl adjacent to an activating group) is 2. The van der Waals surface area contributed by atoms with Gasteiger partial charge in [-0.2, -0.15) is 0 Å². The van der Waals surface area contributed by atoms with Crippen molar-refractivity contribution >= 4 is 36.0 Å². The van der Waals surface area contributed by atoms with Gasteiger partial charge in [0.05, 0.1) is 13.2 Å². The van der Waals surface area contributed by atoms with E-state index in [1.54, 1.807) is 18.7 Å². The van der Waals surface area contributed by atoms with E-state index in [1.807, 2.05) is 0 Å². The maximum absolute atomic E-state index is 12.7. The summed E-state index contributed by atoms with van der Waals surface area (Å²) >= 11 is 0. The summed E-state index contributed by atoms with van der Waals surface area (Å²) in [4.78, 5) is 33.9.